The van der Waals surface area contributed by atoms with Crippen molar-refractivity contribution in [3.05, 3.63) is 34.3 Å². The van der Waals surface area contributed by atoms with E-state index >= 15 is 0 Å². The fourth-order valence-corrected chi connectivity index (χ4v) is 3.31. The Morgan fingerprint density at radius 2 is 2.13 bits per heavy atom. The van der Waals surface area contributed by atoms with Crippen molar-refractivity contribution in [3.8, 4) is 0 Å². The third-order valence-corrected chi connectivity index (χ3v) is 4.78. The van der Waals surface area contributed by atoms with E-state index in [1.165, 1.54) is 31.5 Å². The van der Waals surface area contributed by atoms with Crippen LogP contribution in [0.3, 0.4) is 0 Å². The summed E-state index contributed by atoms with van der Waals surface area (Å²) in [5, 5.41) is 3.42. The van der Waals surface area contributed by atoms with E-state index in [2.05, 4.69) is 76.3 Å². The lowest BCUT2D eigenvalue weighted by molar-refractivity contribution is 0.214. The minimum absolute atomic E-state index is 0.684. The quantitative estimate of drug-likeness (QED) is 0.628. The second-order valence-corrected chi connectivity index (χ2v) is 7.36. The van der Waals surface area contributed by atoms with Gasteiger partial charge in [0.25, 0.3) is 0 Å². The number of hydrogen-bond donors (Lipinski definition) is 1. The molecule has 1 heterocycles. The zero-order chi connectivity index (χ0) is 16.7. The van der Waals surface area contributed by atoms with Gasteiger partial charge < -0.3 is 15.1 Å². The number of likely N-dealkylation sites (tertiary alicyclic amines) is 1. The number of nitrogens with zero attached hydrogens (tertiary/aromatic N) is 3. The molecule has 1 N–H and O–H groups in total. The molecule has 0 amide bonds. The highest BCUT2D eigenvalue weighted by Crippen LogP contribution is 2.16. The van der Waals surface area contributed by atoms with Crippen molar-refractivity contribution < 1.29 is 0 Å². The molecule has 0 saturated carbocycles. The first kappa shape index (κ1) is 18.3. The van der Waals surface area contributed by atoms with Gasteiger partial charge >= 0.3 is 0 Å². The van der Waals surface area contributed by atoms with Crippen LogP contribution in [0.1, 0.15) is 25.3 Å². The number of hydrogen-bond acceptors (Lipinski definition) is 2. The minimum Gasteiger partial charge on any atom is -0.357 e. The number of benzene rings is 1. The van der Waals surface area contributed by atoms with Gasteiger partial charge in [-0.05, 0) is 57.0 Å². The highest BCUT2D eigenvalue weighted by atomic mass is 79.9. The molecule has 1 aromatic rings. The normalized spacial score (nSPS) is 19.7. The standard InChI is InChI=1S/C18H29BrN4/c1-4-20-18(21-12-16-6-5-11-22(2)13-16)23(3)14-15-7-9-17(19)10-8-15/h7-10,16H,4-6,11-14H2,1-3H3,(H,20,21). The van der Waals surface area contributed by atoms with Gasteiger partial charge in [-0.2, -0.15) is 0 Å². The second-order valence-electron chi connectivity index (χ2n) is 6.45. The molecule has 0 spiro atoms. The molecular weight excluding hydrogens is 352 g/mol. The lowest BCUT2D eigenvalue weighted by Crippen LogP contribution is -2.39. The van der Waals surface area contributed by atoms with Gasteiger partial charge in [-0.15, -0.1) is 0 Å². The smallest absolute Gasteiger partial charge is 0.193 e. The molecule has 0 radical (unpaired) electrons. The molecule has 23 heavy (non-hydrogen) atoms. The molecule has 1 aromatic carbocycles. The van der Waals surface area contributed by atoms with E-state index in [-0.39, 0.29) is 0 Å². The van der Waals surface area contributed by atoms with Crippen molar-refractivity contribution in [1.29, 1.82) is 0 Å². The molecule has 1 atom stereocenters. The summed E-state index contributed by atoms with van der Waals surface area (Å²) >= 11 is 3.49. The van der Waals surface area contributed by atoms with Crippen LogP contribution in [-0.4, -0.2) is 56.0 Å². The Morgan fingerprint density at radius 3 is 2.78 bits per heavy atom. The maximum atomic E-state index is 4.88. The van der Waals surface area contributed by atoms with Crippen molar-refractivity contribution in [3.63, 3.8) is 0 Å². The molecular formula is C18H29BrN4. The Labute approximate surface area is 149 Å². The molecule has 0 aliphatic carbocycles. The monoisotopic (exact) mass is 380 g/mol. The van der Waals surface area contributed by atoms with Crippen LogP contribution in [0, 0.1) is 5.92 Å². The molecule has 1 unspecified atom stereocenters. The predicted molar refractivity (Wildman–Crippen MR) is 102 cm³/mol. The van der Waals surface area contributed by atoms with E-state index in [1.54, 1.807) is 0 Å². The largest absolute Gasteiger partial charge is 0.357 e. The van der Waals surface area contributed by atoms with Crippen molar-refractivity contribution in [1.82, 2.24) is 15.1 Å². The van der Waals surface area contributed by atoms with Gasteiger partial charge in [-0.25, -0.2) is 0 Å². The first-order valence-corrected chi connectivity index (χ1v) is 9.30. The van der Waals surface area contributed by atoms with E-state index in [4.69, 9.17) is 4.99 Å². The molecule has 4 nitrogen and oxygen atoms in total. The molecule has 1 aliphatic heterocycles. The Hall–Kier alpha value is -1.07. The van der Waals surface area contributed by atoms with Gasteiger partial charge in [0.05, 0.1) is 0 Å². The molecule has 5 heteroatoms. The van der Waals surface area contributed by atoms with Crippen molar-refractivity contribution in [2.45, 2.75) is 26.3 Å². The molecule has 1 aliphatic rings. The number of guanidine groups is 1. The van der Waals surface area contributed by atoms with Gasteiger partial charge in [0.15, 0.2) is 5.96 Å². The third kappa shape index (κ3) is 6.15. The average Bonchev–Trinajstić information content (AvgIpc) is 2.53. The summed E-state index contributed by atoms with van der Waals surface area (Å²) < 4.78 is 1.12. The van der Waals surface area contributed by atoms with Crippen LogP contribution >= 0.6 is 15.9 Å². The van der Waals surface area contributed by atoms with Crippen LogP contribution in [0.15, 0.2) is 33.7 Å². The number of rotatable bonds is 5. The van der Waals surface area contributed by atoms with E-state index in [1.807, 2.05) is 0 Å². The molecule has 0 bridgehead atoms. The average molecular weight is 381 g/mol. The van der Waals surface area contributed by atoms with Crippen LogP contribution in [0.2, 0.25) is 0 Å². The number of piperidine rings is 1. The van der Waals surface area contributed by atoms with E-state index in [0.29, 0.717) is 5.92 Å². The fraction of sp³-hybridized carbons (Fsp3) is 0.611. The number of aliphatic imine (C=N–C) groups is 1. The highest BCUT2D eigenvalue weighted by Gasteiger charge is 2.17. The minimum atomic E-state index is 0.684. The molecule has 0 aromatic heterocycles. The number of nitrogens with one attached hydrogen (secondary N) is 1. The summed E-state index contributed by atoms with van der Waals surface area (Å²) in [7, 11) is 4.32. The lowest BCUT2D eigenvalue weighted by atomic mass is 9.99. The van der Waals surface area contributed by atoms with Gasteiger partial charge in [0.1, 0.15) is 0 Å². The van der Waals surface area contributed by atoms with Crippen LogP contribution in [0.25, 0.3) is 0 Å². The van der Waals surface area contributed by atoms with Crippen molar-refractivity contribution in [2.24, 2.45) is 10.9 Å². The molecule has 1 saturated heterocycles. The summed E-state index contributed by atoms with van der Waals surface area (Å²) in [5.41, 5.74) is 1.29. The van der Waals surface area contributed by atoms with Crippen molar-refractivity contribution >= 4 is 21.9 Å². The molecule has 2 rings (SSSR count). The van der Waals surface area contributed by atoms with E-state index in [0.717, 1.165) is 30.1 Å². The predicted octanol–water partition coefficient (Wildman–Crippen LogP) is 3.19. The van der Waals surface area contributed by atoms with Crippen LogP contribution < -0.4 is 5.32 Å². The van der Waals surface area contributed by atoms with Crippen LogP contribution in [0.5, 0.6) is 0 Å². The highest BCUT2D eigenvalue weighted by molar-refractivity contribution is 9.10. The van der Waals surface area contributed by atoms with Crippen LogP contribution in [0.4, 0.5) is 0 Å². The van der Waals surface area contributed by atoms with Gasteiger partial charge in [0, 0.05) is 37.7 Å². The Balaban J connectivity index is 1.95. The zero-order valence-electron chi connectivity index (χ0n) is 14.6. The van der Waals surface area contributed by atoms with Gasteiger partial charge in [0.2, 0.25) is 0 Å². The lowest BCUT2D eigenvalue weighted by Gasteiger charge is -2.29. The fourth-order valence-electron chi connectivity index (χ4n) is 3.05. The molecule has 128 valence electrons. The van der Waals surface area contributed by atoms with E-state index in [9.17, 15) is 0 Å². The Kier molecular flexibility index (Phi) is 7.37. The summed E-state index contributed by atoms with van der Waals surface area (Å²) in [6, 6.07) is 8.48. The Bertz CT molecular complexity index is 500. The maximum Gasteiger partial charge on any atom is 0.193 e. The van der Waals surface area contributed by atoms with Gasteiger partial charge in [-0.3, -0.25) is 4.99 Å². The van der Waals surface area contributed by atoms with E-state index < -0.39 is 0 Å². The van der Waals surface area contributed by atoms with Crippen LogP contribution in [-0.2, 0) is 6.54 Å². The Morgan fingerprint density at radius 1 is 1.39 bits per heavy atom. The second kappa shape index (κ2) is 9.28. The topological polar surface area (TPSA) is 30.9 Å². The maximum absolute atomic E-state index is 4.88. The van der Waals surface area contributed by atoms with Crippen molar-refractivity contribution in [2.75, 3.05) is 40.3 Å². The zero-order valence-corrected chi connectivity index (χ0v) is 16.1. The SMILES string of the molecule is CCNC(=NCC1CCCN(C)C1)N(C)Cc1ccc(Br)cc1. The first-order valence-electron chi connectivity index (χ1n) is 8.51. The summed E-state index contributed by atoms with van der Waals surface area (Å²) in [4.78, 5) is 9.51. The summed E-state index contributed by atoms with van der Waals surface area (Å²) in [6.07, 6.45) is 2.59. The summed E-state index contributed by atoms with van der Waals surface area (Å²) in [6.45, 7) is 7.19. The third-order valence-electron chi connectivity index (χ3n) is 4.25. The first-order chi connectivity index (χ1) is 11.1. The molecule has 1 fully saturated rings. The summed E-state index contributed by atoms with van der Waals surface area (Å²) in [5.74, 6) is 1.69. The van der Waals surface area contributed by atoms with Gasteiger partial charge in [-0.1, -0.05) is 28.1 Å². The number of halogens is 1.